The van der Waals surface area contributed by atoms with Crippen molar-refractivity contribution in [3.05, 3.63) is 108 Å². The van der Waals surface area contributed by atoms with Crippen LogP contribution in [0.2, 0.25) is 0 Å². The molecule has 5 aromatic rings. The number of para-hydroxylation sites is 1. The maximum Gasteiger partial charge on any atom is 0.189 e. The minimum Gasteiger partial charge on any atom is -0.487 e. The average Bonchev–Trinajstić information content (AvgIpc) is 3.43. The lowest BCUT2D eigenvalue weighted by Gasteiger charge is -2.12. The summed E-state index contributed by atoms with van der Waals surface area (Å²) < 4.78 is 11.9. The van der Waals surface area contributed by atoms with Crippen molar-refractivity contribution in [2.45, 2.75) is 32.5 Å². The minimum absolute atomic E-state index is 0.242. The summed E-state index contributed by atoms with van der Waals surface area (Å²) >= 11 is 0. The Morgan fingerprint density at radius 2 is 1.68 bits per heavy atom. The molecule has 1 atom stereocenters. The van der Waals surface area contributed by atoms with Crippen LogP contribution in [0, 0.1) is 0 Å². The van der Waals surface area contributed by atoms with Gasteiger partial charge in [0.05, 0.1) is 11.2 Å². The first-order valence-corrected chi connectivity index (χ1v) is 11.3. The second-order valence-corrected chi connectivity index (χ2v) is 8.12. The number of aromatic amines is 1. The van der Waals surface area contributed by atoms with Crippen LogP contribution < -0.4 is 9.47 Å². The smallest absolute Gasteiger partial charge is 0.189 e. The van der Waals surface area contributed by atoms with Crippen molar-refractivity contribution >= 4 is 10.9 Å². The van der Waals surface area contributed by atoms with Gasteiger partial charge in [0.15, 0.2) is 11.9 Å². The number of tetrazole rings is 1. The normalized spacial score (nSPS) is 11.9. The molecule has 1 unspecified atom stereocenters. The molecule has 0 aliphatic heterocycles. The van der Waals surface area contributed by atoms with Gasteiger partial charge in [-0.2, -0.15) is 0 Å². The fourth-order valence-electron chi connectivity index (χ4n) is 3.76. The lowest BCUT2D eigenvalue weighted by atomic mass is 10.0. The topological polar surface area (TPSA) is 85.8 Å². The number of hydrogen-bond acceptors (Lipinski definition) is 6. The Morgan fingerprint density at radius 3 is 2.53 bits per heavy atom. The Bertz CT molecular complexity index is 1350. The van der Waals surface area contributed by atoms with Crippen LogP contribution in [-0.4, -0.2) is 25.6 Å². The van der Waals surface area contributed by atoms with Crippen LogP contribution in [0.3, 0.4) is 0 Å². The molecule has 1 N–H and O–H groups in total. The summed E-state index contributed by atoms with van der Waals surface area (Å²) in [5.41, 5.74) is 4.38. The number of ether oxygens (including phenoxy) is 2. The molecule has 0 radical (unpaired) electrons. The fraction of sp³-hybridized carbons (Fsp3) is 0.185. The molecular formula is C27H25N5O2. The van der Waals surface area contributed by atoms with Crippen molar-refractivity contribution < 1.29 is 9.47 Å². The fourth-order valence-corrected chi connectivity index (χ4v) is 3.76. The highest BCUT2D eigenvalue weighted by molar-refractivity contribution is 5.78. The van der Waals surface area contributed by atoms with Crippen LogP contribution in [0.25, 0.3) is 10.9 Å². The van der Waals surface area contributed by atoms with E-state index >= 15 is 0 Å². The molecule has 2 aromatic heterocycles. The zero-order valence-electron chi connectivity index (χ0n) is 18.9. The van der Waals surface area contributed by atoms with E-state index in [2.05, 4.69) is 62.0 Å². The highest BCUT2D eigenvalue weighted by atomic mass is 16.5. The Kier molecular flexibility index (Phi) is 6.42. The Balaban J connectivity index is 1.14. The van der Waals surface area contributed by atoms with Gasteiger partial charge in [0.1, 0.15) is 18.1 Å². The van der Waals surface area contributed by atoms with Crippen molar-refractivity contribution in [3.8, 4) is 11.5 Å². The number of nitrogens with one attached hydrogen (secondary N) is 1. The summed E-state index contributed by atoms with van der Waals surface area (Å²) in [7, 11) is 0. The van der Waals surface area contributed by atoms with E-state index in [1.807, 2.05) is 55.5 Å². The van der Waals surface area contributed by atoms with Gasteiger partial charge in [-0.1, -0.05) is 48.5 Å². The molecule has 0 spiro atoms. The molecule has 3 aromatic carbocycles. The maximum atomic E-state index is 6.02. The molecule has 0 aliphatic carbocycles. The van der Waals surface area contributed by atoms with Crippen molar-refractivity contribution in [1.82, 2.24) is 25.6 Å². The summed E-state index contributed by atoms with van der Waals surface area (Å²) in [6.45, 7) is 2.35. The first-order valence-electron chi connectivity index (χ1n) is 11.3. The van der Waals surface area contributed by atoms with Gasteiger partial charge in [-0.3, -0.25) is 0 Å². The zero-order valence-corrected chi connectivity index (χ0v) is 18.9. The second-order valence-electron chi connectivity index (χ2n) is 8.12. The van der Waals surface area contributed by atoms with E-state index < -0.39 is 0 Å². The number of nitrogens with zero attached hydrogens (tertiary/aromatic N) is 4. The van der Waals surface area contributed by atoms with E-state index in [4.69, 9.17) is 9.47 Å². The van der Waals surface area contributed by atoms with Gasteiger partial charge < -0.3 is 9.47 Å². The molecular weight excluding hydrogens is 426 g/mol. The molecule has 0 amide bonds. The maximum absolute atomic E-state index is 6.02. The number of fused-ring (bicyclic) bond motifs is 1. The van der Waals surface area contributed by atoms with Gasteiger partial charge in [0.2, 0.25) is 0 Å². The summed E-state index contributed by atoms with van der Waals surface area (Å²) in [6.07, 6.45) is 1.61. The third-order valence-corrected chi connectivity index (χ3v) is 5.63. The van der Waals surface area contributed by atoms with Crippen molar-refractivity contribution in [3.63, 3.8) is 0 Å². The van der Waals surface area contributed by atoms with Crippen LogP contribution >= 0.6 is 0 Å². The van der Waals surface area contributed by atoms with E-state index in [1.165, 1.54) is 11.1 Å². The summed E-state index contributed by atoms with van der Waals surface area (Å²) in [4.78, 5) is 4.68. The van der Waals surface area contributed by atoms with Crippen molar-refractivity contribution in [2.75, 3.05) is 0 Å². The number of aromatic nitrogens is 5. The molecule has 170 valence electrons. The minimum atomic E-state index is -0.242. The first kappa shape index (κ1) is 21.6. The van der Waals surface area contributed by atoms with Gasteiger partial charge in [0, 0.05) is 5.39 Å². The van der Waals surface area contributed by atoms with Gasteiger partial charge in [-0.15, -0.1) is 5.10 Å². The van der Waals surface area contributed by atoms with Gasteiger partial charge >= 0.3 is 0 Å². The number of H-pyrrole nitrogens is 1. The zero-order chi connectivity index (χ0) is 23.2. The van der Waals surface area contributed by atoms with Gasteiger partial charge in [-0.05, 0) is 77.7 Å². The van der Waals surface area contributed by atoms with Crippen molar-refractivity contribution in [1.29, 1.82) is 0 Å². The van der Waals surface area contributed by atoms with Gasteiger partial charge in [-0.25, -0.2) is 10.1 Å². The SMILES string of the molecule is CC(Oc1ccc(CCc2cccc(OCc3ccc4ccccc4n3)c2)cc1)c1nnn[nH]1. The number of aryl methyl sites for hydroxylation is 2. The van der Waals surface area contributed by atoms with Gasteiger partial charge in [0.25, 0.3) is 0 Å². The molecule has 2 heterocycles. The first-order chi connectivity index (χ1) is 16.7. The van der Waals surface area contributed by atoms with Crippen LogP contribution in [-0.2, 0) is 19.4 Å². The second kappa shape index (κ2) is 10.1. The molecule has 5 rings (SSSR count). The van der Waals surface area contributed by atoms with E-state index in [0.29, 0.717) is 12.4 Å². The Morgan fingerprint density at radius 1 is 0.824 bits per heavy atom. The van der Waals surface area contributed by atoms with E-state index in [1.54, 1.807) is 0 Å². The van der Waals surface area contributed by atoms with E-state index in [-0.39, 0.29) is 6.10 Å². The lowest BCUT2D eigenvalue weighted by molar-refractivity contribution is 0.216. The third-order valence-electron chi connectivity index (χ3n) is 5.63. The Hall–Kier alpha value is -4.26. The van der Waals surface area contributed by atoms with Crippen LogP contribution in [0.4, 0.5) is 0 Å². The van der Waals surface area contributed by atoms with Crippen LogP contribution in [0.1, 0.15) is 35.7 Å². The molecule has 0 fully saturated rings. The molecule has 0 aliphatic rings. The monoisotopic (exact) mass is 451 g/mol. The summed E-state index contributed by atoms with van der Waals surface area (Å²) in [5.74, 6) is 2.24. The number of pyridine rings is 1. The predicted molar refractivity (Wildman–Crippen MR) is 130 cm³/mol. The van der Waals surface area contributed by atoms with Crippen molar-refractivity contribution in [2.24, 2.45) is 0 Å². The predicted octanol–water partition coefficient (Wildman–Crippen LogP) is 5.25. The summed E-state index contributed by atoms with van der Waals surface area (Å²) in [6, 6.07) is 28.6. The molecule has 34 heavy (non-hydrogen) atoms. The molecule has 7 heteroatoms. The van der Waals surface area contributed by atoms with E-state index in [9.17, 15) is 0 Å². The third kappa shape index (κ3) is 5.38. The van der Waals surface area contributed by atoms with E-state index in [0.717, 1.165) is 40.9 Å². The molecule has 0 saturated heterocycles. The highest BCUT2D eigenvalue weighted by Gasteiger charge is 2.11. The molecule has 0 bridgehead atoms. The average molecular weight is 452 g/mol. The van der Waals surface area contributed by atoms with Crippen LogP contribution in [0.5, 0.6) is 11.5 Å². The lowest BCUT2D eigenvalue weighted by Crippen LogP contribution is -2.05. The molecule has 7 nitrogen and oxygen atoms in total. The number of rotatable bonds is 9. The number of hydrogen-bond donors (Lipinski definition) is 1. The quantitative estimate of drug-likeness (QED) is 0.329. The largest absolute Gasteiger partial charge is 0.487 e. The summed E-state index contributed by atoms with van der Waals surface area (Å²) in [5, 5.41) is 14.9. The standard InChI is InChI=1S/C27H25N5O2/c1-19(27-29-31-32-30-27)34-24-15-11-20(12-16-24)9-10-21-5-4-7-25(17-21)33-18-23-14-13-22-6-2-3-8-26(22)28-23/h2-8,11-17,19H,9-10,18H2,1H3,(H,29,30,31,32). The van der Waals surface area contributed by atoms with Crippen LogP contribution in [0.15, 0.2) is 84.9 Å². The molecule has 0 saturated carbocycles. The Labute approximate surface area is 197 Å². The number of benzene rings is 3. The highest BCUT2D eigenvalue weighted by Crippen LogP contribution is 2.21.